The predicted molar refractivity (Wildman–Crippen MR) is 51.5 cm³/mol. The molecule has 0 atom stereocenters. The highest BCUT2D eigenvalue weighted by Gasteiger charge is 1.99. The number of nitrogens with zero attached hydrogens (tertiary/aromatic N) is 1. The third-order valence-corrected chi connectivity index (χ3v) is 2.31. The van der Waals surface area contributed by atoms with Crippen molar-refractivity contribution in [3.8, 4) is 0 Å². The van der Waals surface area contributed by atoms with Crippen LogP contribution in [0.5, 0.6) is 0 Å². The van der Waals surface area contributed by atoms with Crippen LogP contribution < -0.4 is 0 Å². The summed E-state index contributed by atoms with van der Waals surface area (Å²) < 4.78 is 0. The van der Waals surface area contributed by atoms with Gasteiger partial charge in [0, 0.05) is 22.8 Å². The molecule has 12 heavy (non-hydrogen) atoms. The molecular weight excluding hydrogens is 170 g/mol. The molecule has 1 aromatic carbocycles. The van der Waals surface area contributed by atoms with E-state index in [1.807, 2.05) is 18.2 Å². The fourth-order valence-corrected chi connectivity index (χ4v) is 1.52. The monoisotopic (exact) mass is 177 g/mol. The number of aromatic nitrogens is 1. The Labute approximate surface area is 76.0 Å². The summed E-state index contributed by atoms with van der Waals surface area (Å²) in [6, 6.07) is 5.90. The summed E-state index contributed by atoms with van der Waals surface area (Å²) >= 11 is 5.99. The van der Waals surface area contributed by atoms with Crippen molar-refractivity contribution in [2.45, 2.75) is 6.92 Å². The number of hydrogen-bond donors (Lipinski definition) is 0. The van der Waals surface area contributed by atoms with Crippen LogP contribution in [0.15, 0.2) is 30.6 Å². The topological polar surface area (TPSA) is 12.9 Å². The van der Waals surface area contributed by atoms with Crippen LogP contribution in [0.3, 0.4) is 0 Å². The normalized spacial score (nSPS) is 10.5. The standard InChI is InChI=1S/C10H8ClN/c1-7-2-3-10(11)9-6-12-5-4-8(7)9/h2-6H,1H3. The van der Waals surface area contributed by atoms with Gasteiger partial charge in [0.1, 0.15) is 0 Å². The van der Waals surface area contributed by atoms with Crippen LogP contribution in [-0.4, -0.2) is 4.98 Å². The van der Waals surface area contributed by atoms with Gasteiger partial charge < -0.3 is 0 Å². The summed E-state index contributed by atoms with van der Waals surface area (Å²) in [4.78, 5) is 4.03. The molecule has 0 spiro atoms. The largest absolute Gasteiger partial charge is 0.264 e. The zero-order valence-corrected chi connectivity index (χ0v) is 7.47. The Hall–Kier alpha value is -1.08. The molecule has 2 heteroatoms. The molecule has 1 nitrogen and oxygen atoms in total. The Morgan fingerprint density at radius 1 is 1.17 bits per heavy atom. The van der Waals surface area contributed by atoms with Gasteiger partial charge in [0.25, 0.3) is 0 Å². The van der Waals surface area contributed by atoms with Crippen LogP contribution in [0, 0.1) is 6.92 Å². The Morgan fingerprint density at radius 2 is 2.00 bits per heavy atom. The van der Waals surface area contributed by atoms with Gasteiger partial charge in [-0.1, -0.05) is 17.7 Å². The maximum atomic E-state index is 5.99. The van der Waals surface area contributed by atoms with Crippen molar-refractivity contribution in [2.24, 2.45) is 0 Å². The van der Waals surface area contributed by atoms with Crippen LogP contribution in [0.25, 0.3) is 10.8 Å². The molecule has 0 bridgehead atoms. The third kappa shape index (κ3) is 1.07. The molecule has 0 aliphatic heterocycles. The summed E-state index contributed by atoms with van der Waals surface area (Å²) in [7, 11) is 0. The molecule has 0 amide bonds. The van der Waals surface area contributed by atoms with Crippen LogP contribution in [0.1, 0.15) is 5.56 Å². The molecule has 0 radical (unpaired) electrons. The van der Waals surface area contributed by atoms with Gasteiger partial charge in [0.2, 0.25) is 0 Å². The number of hydrogen-bond acceptors (Lipinski definition) is 1. The minimum atomic E-state index is 0.767. The fraction of sp³-hybridized carbons (Fsp3) is 0.100. The Bertz CT molecular complexity index is 383. The van der Waals surface area contributed by atoms with Crippen molar-refractivity contribution in [3.63, 3.8) is 0 Å². The average molecular weight is 178 g/mol. The van der Waals surface area contributed by atoms with Gasteiger partial charge in [0.15, 0.2) is 0 Å². The second kappa shape index (κ2) is 2.76. The zero-order valence-electron chi connectivity index (χ0n) is 6.71. The van der Waals surface area contributed by atoms with Crippen LogP contribution in [0.4, 0.5) is 0 Å². The second-order valence-electron chi connectivity index (χ2n) is 2.79. The number of aryl methyl sites for hydroxylation is 1. The Kier molecular flexibility index (Phi) is 1.74. The van der Waals surface area contributed by atoms with Gasteiger partial charge in [-0.2, -0.15) is 0 Å². The van der Waals surface area contributed by atoms with Gasteiger partial charge in [0.05, 0.1) is 0 Å². The maximum Gasteiger partial charge on any atom is 0.0500 e. The number of fused-ring (bicyclic) bond motifs is 1. The van der Waals surface area contributed by atoms with Crippen LogP contribution in [-0.2, 0) is 0 Å². The molecule has 0 saturated heterocycles. The van der Waals surface area contributed by atoms with Gasteiger partial charge in [-0.25, -0.2) is 0 Å². The highest BCUT2D eigenvalue weighted by molar-refractivity contribution is 6.35. The lowest BCUT2D eigenvalue weighted by molar-refractivity contribution is 1.35. The molecule has 0 aliphatic carbocycles. The third-order valence-electron chi connectivity index (χ3n) is 1.98. The molecule has 0 aliphatic rings. The average Bonchev–Trinajstić information content (AvgIpc) is 2.12. The number of rotatable bonds is 0. The SMILES string of the molecule is Cc1ccc(Cl)c2cnccc12. The first-order chi connectivity index (χ1) is 5.79. The van der Waals surface area contributed by atoms with Gasteiger partial charge in [-0.3, -0.25) is 4.98 Å². The van der Waals surface area contributed by atoms with Gasteiger partial charge >= 0.3 is 0 Å². The van der Waals surface area contributed by atoms with Gasteiger partial charge in [-0.05, 0) is 30.0 Å². The molecule has 0 N–H and O–H groups in total. The van der Waals surface area contributed by atoms with E-state index in [2.05, 4.69) is 11.9 Å². The Balaban J connectivity index is 2.95. The highest BCUT2D eigenvalue weighted by atomic mass is 35.5. The second-order valence-corrected chi connectivity index (χ2v) is 3.19. The first kappa shape index (κ1) is 7.56. The quantitative estimate of drug-likeness (QED) is 0.602. The molecular formula is C10H8ClN. The minimum absolute atomic E-state index is 0.767. The molecule has 1 heterocycles. The smallest absolute Gasteiger partial charge is 0.0500 e. The lowest BCUT2D eigenvalue weighted by Gasteiger charge is -2.01. The van der Waals surface area contributed by atoms with E-state index in [9.17, 15) is 0 Å². The van der Waals surface area contributed by atoms with Crippen molar-refractivity contribution < 1.29 is 0 Å². The summed E-state index contributed by atoms with van der Waals surface area (Å²) in [5.74, 6) is 0. The van der Waals surface area contributed by atoms with E-state index >= 15 is 0 Å². The minimum Gasteiger partial charge on any atom is -0.264 e. The van der Waals surface area contributed by atoms with Crippen molar-refractivity contribution in [2.75, 3.05) is 0 Å². The summed E-state index contributed by atoms with van der Waals surface area (Å²) in [5.41, 5.74) is 1.23. The van der Waals surface area contributed by atoms with E-state index in [4.69, 9.17) is 11.6 Å². The number of pyridine rings is 1. The summed E-state index contributed by atoms with van der Waals surface area (Å²) in [6.45, 7) is 2.07. The molecule has 2 rings (SSSR count). The maximum absolute atomic E-state index is 5.99. The number of benzene rings is 1. The summed E-state index contributed by atoms with van der Waals surface area (Å²) in [6.07, 6.45) is 3.58. The van der Waals surface area contributed by atoms with Crippen molar-refractivity contribution >= 4 is 22.4 Å². The molecule has 0 saturated carbocycles. The van der Waals surface area contributed by atoms with Crippen LogP contribution >= 0.6 is 11.6 Å². The highest BCUT2D eigenvalue weighted by Crippen LogP contribution is 2.24. The van der Waals surface area contributed by atoms with Crippen molar-refractivity contribution in [1.29, 1.82) is 0 Å². The first-order valence-corrected chi connectivity index (χ1v) is 4.15. The lowest BCUT2D eigenvalue weighted by atomic mass is 10.1. The van der Waals surface area contributed by atoms with Crippen molar-refractivity contribution in [3.05, 3.63) is 41.2 Å². The van der Waals surface area contributed by atoms with Gasteiger partial charge in [-0.15, -0.1) is 0 Å². The van der Waals surface area contributed by atoms with E-state index in [1.54, 1.807) is 12.4 Å². The van der Waals surface area contributed by atoms with E-state index in [1.165, 1.54) is 10.9 Å². The zero-order chi connectivity index (χ0) is 8.55. The van der Waals surface area contributed by atoms with E-state index < -0.39 is 0 Å². The molecule has 2 aromatic rings. The first-order valence-electron chi connectivity index (χ1n) is 3.78. The lowest BCUT2D eigenvalue weighted by Crippen LogP contribution is -1.80. The van der Waals surface area contributed by atoms with Crippen LogP contribution in [0.2, 0.25) is 5.02 Å². The van der Waals surface area contributed by atoms with Crippen molar-refractivity contribution in [1.82, 2.24) is 4.98 Å². The molecule has 0 unspecified atom stereocenters. The fourth-order valence-electron chi connectivity index (χ4n) is 1.31. The molecule has 0 fully saturated rings. The van der Waals surface area contributed by atoms with E-state index in [0.29, 0.717) is 0 Å². The predicted octanol–water partition coefficient (Wildman–Crippen LogP) is 3.20. The molecule has 1 aromatic heterocycles. The summed E-state index contributed by atoms with van der Waals surface area (Å²) in [5, 5.41) is 2.97. The van der Waals surface area contributed by atoms with E-state index in [-0.39, 0.29) is 0 Å². The number of halogens is 1. The Morgan fingerprint density at radius 3 is 2.75 bits per heavy atom. The van der Waals surface area contributed by atoms with E-state index in [0.717, 1.165) is 10.4 Å². The molecule has 60 valence electrons.